The van der Waals surface area contributed by atoms with E-state index in [0.29, 0.717) is 0 Å². The van der Waals surface area contributed by atoms with E-state index in [9.17, 15) is 0 Å². The Hall–Kier alpha value is 0.210. The lowest BCUT2D eigenvalue weighted by Gasteiger charge is -2.37. The number of halogens is 1. The third-order valence-electron chi connectivity index (χ3n) is 6.10. The maximum atomic E-state index is 5.48. The van der Waals surface area contributed by atoms with Crippen LogP contribution in [0.1, 0.15) is 110 Å². The molecule has 1 aliphatic heterocycles. The van der Waals surface area contributed by atoms with E-state index in [4.69, 9.17) is 4.74 Å². The molecular formula is C23H48ClNO. The largest absolute Gasteiger partial charge is 1.00 e. The molecule has 0 unspecified atom stereocenters. The van der Waals surface area contributed by atoms with Gasteiger partial charge in [0.2, 0.25) is 0 Å². The molecule has 158 valence electrons. The lowest BCUT2D eigenvalue weighted by Crippen LogP contribution is -3.00. The molecule has 26 heavy (non-hydrogen) atoms. The molecular weight excluding hydrogens is 342 g/mol. The van der Waals surface area contributed by atoms with Gasteiger partial charge in [0.25, 0.3) is 0 Å². The van der Waals surface area contributed by atoms with Crippen molar-refractivity contribution >= 4 is 0 Å². The van der Waals surface area contributed by atoms with Crippen LogP contribution in [0.2, 0.25) is 0 Å². The minimum absolute atomic E-state index is 0. The highest BCUT2D eigenvalue weighted by molar-refractivity contribution is 4.51. The van der Waals surface area contributed by atoms with Crippen molar-refractivity contribution in [3.8, 4) is 0 Å². The van der Waals surface area contributed by atoms with Gasteiger partial charge in [0.1, 0.15) is 13.1 Å². The summed E-state index contributed by atoms with van der Waals surface area (Å²) >= 11 is 0. The molecule has 0 bridgehead atoms. The van der Waals surface area contributed by atoms with Gasteiger partial charge in [-0.25, -0.2) is 0 Å². The van der Waals surface area contributed by atoms with Gasteiger partial charge in [0.15, 0.2) is 0 Å². The second-order valence-electron chi connectivity index (χ2n) is 8.71. The van der Waals surface area contributed by atoms with Gasteiger partial charge in [0, 0.05) is 0 Å². The van der Waals surface area contributed by atoms with Crippen molar-refractivity contribution < 1.29 is 21.6 Å². The molecule has 2 nitrogen and oxygen atoms in total. The first-order chi connectivity index (χ1) is 12.3. The average molecular weight is 390 g/mol. The van der Waals surface area contributed by atoms with Crippen LogP contribution < -0.4 is 12.4 Å². The van der Waals surface area contributed by atoms with Crippen LogP contribution in [-0.4, -0.2) is 44.4 Å². The van der Waals surface area contributed by atoms with Crippen molar-refractivity contribution in [1.82, 2.24) is 0 Å². The van der Waals surface area contributed by atoms with E-state index in [1.54, 1.807) is 0 Å². The number of hydrogen-bond acceptors (Lipinski definition) is 1. The van der Waals surface area contributed by atoms with Gasteiger partial charge < -0.3 is 21.6 Å². The molecule has 0 radical (unpaired) electrons. The smallest absolute Gasteiger partial charge is 0.102 e. The number of quaternary nitrogens is 1. The zero-order chi connectivity index (χ0) is 18.1. The number of morpholine rings is 1. The molecule has 1 aliphatic rings. The predicted molar refractivity (Wildman–Crippen MR) is 111 cm³/mol. The highest BCUT2D eigenvalue weighted by Gasteiger charge is 2.23. The van der Waals surface area contributed by atoms with Gasteiger partial charge in [0.05, 0.1) is 26.8 Å². The second kappa shape index (κ2) is 18.6. The first kappa shape index (κ1) is 26.2. The molecule has 0 N–H and O–H groups in total. The Morgan fingerprint density at radius 3 is 1.31 bits per heavy atom. The van der Waals surface area contributed by atoms with Gasteiger partial charge in [-0.2, -0.15) is 0 Å². The van der Waals surface area contributed by atoms with Crippen molar-refractivity contribution in [2.24, 2.45) is 0 Å². The number of nitrogens with zero attached hydrogens (tertiary/aromatic N) is 1. The molecule has 0 atom stereocenters. The van der Waals surface area contributed by atoms with Gasteiger partial charge in [-0.15, -0.1) is 0 Å². The fraction of sp³-hybridized carbons (Fsp3) is 1.00. The topological polar surface area (TPSA) is 9.23 Å². The maximum absolute atomic E-state index is 5.48. The minimum atomic E-state index is 0. The third-order valence-corrected chi connectivity index (χ3v) is 6.10. The average Bonchev–Trinajstić information content (AvgIpc) is 2.62. The van der Waals surface area contributed by atoms with E-state index in [1.807, 2.05) is 0 Å². The van der Waals surface area contributed by atoms with Gasteiger partial charge in [-0.3, -0.25) is 0 Å². The summed E-state index contributed by atoms with van der Waals surface area (Å²) in [6.07, 6.45) is 23.3. The summed E-state index contributed by atoms with van der Waals surface area (Å²) in [6, 6.07) is 0. The number of ether oxygens (including phenoxy) is 1. The Kier molecular flexibility index (Phi) is 18.7. The molecule has 1 rings (SSSR count). The Bertz CT molecular complexity index is 279. The Balaban J connectivity index is 0.00000625. The molecule has 0 aromatic rings. The molecule has 1 fully saturated rings. The van der Waals surface area contributed by atoms with E-state index in [2.05, 4.69) is 14.0 Å². The first-order valence-electron chi connectivity index (χ1n) is 11.7. The molecule has 0 aromatic carbocycles. The van der Waals surface area contributed by atoms with Crippen LogP contribution in [0, 0.1) is 0 Å². The molecule has 3 heteroatoms. The zero-order valence-corrected chi connectivity index (χ0v) is 18.8. The normalized spacial score (nSPS) is 16.4. The summed E-state index contributed by atoms with van der Waals surface area (Å²) in [4.78, 5) is 0. The number of hydrogen-bond donors (Lipinski definition) is 0. The zero-order valence-electron chi connectivity index (χ0n) is 18.1. The van der Waals surface area contributed by atoms with Crippen molar-refractivity contribution in [2.75, 3.05) is 39.9 Å². The third kappa shape index (κ3) is 15.3. The second-order valence-corrected chi connectivity index (χ2v) is 8.71. The fourth-order valence-corrected chi connectivity index (χ4v) is 4.05. The molecule has 0 spiro atoms. The van der Waals surface area contributed by atoms with Crippen molar-refractivity contribution in [1.29, 1.82) is 0 Å². The van der Waals surface area contributed by atoms with Gasteiger partial charge >= 0.3 is 0 Å². The minimum Gasteiger partial charge on any atom is -1.00 e. The molecule has 0 aromatic heterocycles. The lowest BCUT2D eigenvalue weighted by molar-refractivity contribution is -0.917. The summed E-state index contributed by atoms with van der Waals surface area (Å²) in [6.45, 7) is 8.04. The highest BCUT2D eigenvalue weighted by atomic mass is 35.5. The van der Waals surface area contributed by atoms with E-state index >= 15 is 0 Å². The SMILES string of the molecule is CCCCCCCCCCCCCCCCCC[N+]1(C)CCOCC1.[Cl-]. The summed E-state index contributed by atoms with van der Waals surface area (Å²) < 4.78 is 6.73. The van der Waals surface area contributed by atoms with E-state index in [1.165, 1.54) is 127 Å². The van der Waals surface area contributed by atoms with Crippen LogP contribution in [0.4, 0.5) is 0 Å². The summed E-state index contributed by atoms with van der Waals surface area (Å²) in [5.41, 5.74) is 0. The van der Waals surface area contributed by atoms with Crippen molar-refractivity contribution in [3.63, 3.8) is 0 Å². The Morgan fingerprint density at radius 2 is 0.923 bits per heavy atom. The Morgan fingerprint density at radius 1 is 0.577 bits per heavy atom. The highest BCUT2D eigenvalue weighted by Crippen LogP contribution is 2.15. The Labute approximate surface area is 171 Å². The van der Waals surface area contributed by atoms with Crippen LogP contribution in [0.15, 0.2) is 0 Å². The molecule has 1 saturated heterocycles. The van der Waals surface area contributed by atoms with Crippen LogP contribution in [-0.2, 0) is 4.74 Å². The molecule has 1 heterocycles. The molecule has 0 aliphatic carbocycles. The van der Waals surface area contributed by atoms with Gasteiger partial charge in [-0.1, -0.05) is 96.8 Å². The standard InChI is InChI=1S/C23H48NO.ClH/c1-3-4-5-6-7-8-9-10-11-12-13-14-15-16-17-18-19-24(2)20-22-25-23-21-24;/h3-23H2,1-2H3;1H/q+1;/p-1. The van der Waals surface area contributed by atoms with E-state index in [-0.39, 0.29) is 12.4 Å². The fourth-order valence-electron chi connectivity index (χ4n) is 4.05. The van der Waals surface area contributed by atoms with Crippen molar-refractivity contribution in [3.05, 3.63) is 0 Å². The predicted octanol–water partition coefficient (Wildman–Crippen LogP) is 3.73. The number of likely N-dealkylation sites (N-methyl/N-ethyl adjacent to an activating group) is 1. The van der Waals surface area contributed by atoms with Crippen LogP contribution in [0.3, 0.4) is 0 Å². The first-order valence-corrected chi connectivity index (χ1v) is 11.7. The summed E-state index contributed by atoms with van der Waals surface area (Å²) in [5.74, 6) is 0. The van der Waals surface area contributed by atoms with E-state index in [0.717, 1.165) is 13.2 Å². The monoisotopic (exact) mass is 389 g/mol. The maximum Gasteiger partial charge on any atom is 0.102 e. The van der Waals surface area contributed by atoms with Crippen molar-refractivity contribution in [2.45, 2.75) is 110 Å². The summed E-state index contributed by atoms with van der Waals surface area (Å²) in [5, 5.41) is 0. The lowest BCUT2D eigenvalue weighted by atomic mass is 10.0. The quantitative estimate of drug-likeness (QED) is 0.272. The van der Waals surface area contributed by atoms with Crippen LogP contribution >= 0.6 is 0 Å². The van der Waals surface area contributed by atoms with Gasteiger partial charge in [-0.05, 0) is 12.8 Å². The number of unbranched alkanes of at least 4 members (excludes halogenated alkanes) is 15. The van der Waals surface area contributed by atoms with E-state index < -0.39 is 0 Å². The molecule has 0 saturated carbocycles. The number of rotatable bonds is 17. The van der Waals surface area contributed by atoms with Crippen LogP contribution in [0.25, 0.3) is 0 Å². The summed E-state index contributed by atoms with van der Waals surface area (Å²) in [7, 11) is 2.41. The van der Waals surface area contributed by atoms with Crippen LogP contribution in [0.5, 0.6) is 0 Å². The molecule has 0 amide bonds.